The van der Waals surface area contributed by atoms with Crippen molar-refractivity contribution in [2.24, 2.45) is 0 Å². The molecule has 27 heavy (non-hydrogen) atoms. The SMILES string of the molecule is O=C(NCC(c1cccnc1)N1CCc2ccccc21)c1ccccc1Br. The Morgan fingerprint density at radius 1 is 1.11 bits per heavy atom. The fraction of sp³-hybridized carbons (Fsp3) is 0.182. The second kappa shape index (κ2) is 7.92. The predicted octanol–water partition coefficient (Wildman–Crippen LogP) is 4.38. The standard InChI is InChI=1S/C22H20BrN3O/c23-19-9-3-2-8-18(19)22(27)25-15-21(17-7-5-12-24-14-17)26-13-11-16-6-1-4-10-20(16)26/h1-10,12,14,21H,11,13,15H2,(H,25,27). The lowest BCUT2D eigenvalue weighted by Gasteiger charge is -2.31. The van der Waals surface area contributed by atoms with Crippen molar-refractivity contribution in [1.82, 2.24) is 10.3 Å². The van der Waals surface area contributed by atoms with Gasteiger partial charge in [-0.3, -0.25) is 9.78 Å². The van der Waals surface area contributed by atoms with Crippen LogP contribution in [-0.4, -0.2) is 24.0 Å². The Kier molecular flexibility index (Phi) is 5.21. The molecule has 0 spiro atoms. The Morgan fingerprint density at radius 3 is 2.74 bits per heavy atom. The molecule has 4 nitrogen and oxygen atoms in total. The summed E-state index contributed by atoms with van der Waals surface area (Å²) in [5.41, 5.74) is 4.33. The molecular weight excluding hydrogens is 402 g/mol. The van der Waals surface area contributed by atoms with E-state index in [0.29, 0.717) is 12.1 Å². The van der Waals surface area contributed by atoms with E-state index in [1.54, 1.807) is 6.20 Å². The van der Waals surface area contributed by atoms with Crippen molar-refractivity contribution in [2.75, 3.05) is 18.0 Å². The number of hydrogen-bond donors (Lipinski definition) is 1. The van der Waals surface area contributed by atoms with Crippen LogP contribution in [0.5, 0.6) is 0 Å². The van der Waals surface area contributed by atoms with E-state index >= 15 is 0 Å². The van der Waals surface area contributed by atoms with E-state index in [1.807, 2.05) is 36.5 Å². The molecule has 1 aliphatic heterocycles. The number of nitrogens with zero attached hydrogens (tertiary/aromatic N) is 2. The van der Waals surface area contributed by atoms with E-state index in [0.717, 1.165) is 23.0 Å². The molecule has 2 heterocycles. The van der Waals surface area contributed by atoms with Gasteiger partial charge in [-0.1, -0.05) is 36.4 Å². The van der Waals surface area contributed by atoms with Crippen molar-refractivity contribution in [2.45, 2.75) is 12.5 Å². The quantitative estimate of drug-likeness (QED) is 0.664. The van der Waals surface area contributed by atoms with Gasteiger partial charge < -0.3 is 10.2 Å². The molecule has 0 bridgehead atoms. The fourth-order valence-corrected chi connectivity index (χ4v) is 4.06. The maximum atomic E-state index is 12.7. The second-order valence-corrected chi connectivity index (χ2v) is 7.42. The van der Waals surface area contributed by atoms with E-state index in [1.165, 1.54) is 11.3 Å². The highest BCUT2D eigenvalue weighted by molar-refractivity contribution is 9.10. The molecule has 0 saturated heterocycles. The van der Waals surface area contributed by atoms with Crippen LogP contribution >= 0.6 is 15.9 Å². The van der Waals surface area contributed by atoms with Crippen LogP contribution in [0.3, 0.4) is 0 Å². The molecule has 1 aromatic heterocycles. The number of nitrogens with one attached hydrogen (secondary N) is 1. The van der Waals surface area contributed by atoms with Gasteiger partial charge in [-0.15, -0.1) is 0 Å². The van der Waals surface area contributed by atoms with Crippen molar-refractivity contribution in [3.05, 3.63) is 94.2 Å². The Hall–Kier alpha value is -2.66. The number of pyridine rings is 1. The van der Waals surface area contributed by atoms with Crippen LogP contribution < -0.4 is 10.2 Å². The van der Waals surface area contributed by atoms with E-state index in [2.05, 4.69) is 61.5 Å². The minimum atomic E-state index is -0.0798. The minimum Gasteiger partial charge on any atom is -0.362 e. The predicted molar refractivity (Wildman–Crippen MR) is 111 cm³/mol. The van der Waals surface area contributed by atoms with Crippen LogP contribution in [0.25, 0.3) is 0 Å². The first kappa shape index (κ1) is 17.7. The van der Waals surface area contributed by atoms with Gasteiger partial charge in [0, 0.05) is 35.6 Å². The Morgan fingerprint density at radius 2 is 1.93 bits per heavy atom. The van der Waals surface area contributed by atoms with Crippen LogP contribution in [0, 0.1) is 0 Å². The highest BCUT2D eigenvalue weighted by atomic mass is 79.9. The average Bonchev–Trinajstić information content (AvgIpc) is 3.13. The maximum absolute atomic E-state index is 12.7. The summed E-state index contributed by atoms with van der Waals surface area (Å²) in [6.07, 6.45) is 4.68. The van der Waals surface area contributed by atoms with Crippen molar-refractivity contribution >= 4 is 27.5 Å². The zero-order valence-electron chi connectivity index (χ0n) is 14.8. The summed E-state index contributed by atoms with van der Waals surface area (Å²) in [4.78, 5) is 19.3. The number of anilines is 1. The number of para-hydroxylation sites is 1. The summed E-state index contributed by atoms with van der Waals surface area (Å²) in [6.45, 7) is 1.45. The molecule has 1 aliphatic rings. The van der Waals surface area contributed by atoms with Gasteiger partial charge in [0.05, 0.1) is 11.6 Å². The molecule has 136 valence electrons. The van der Waals surface area contributed by atoms with Crippen LogP contribution in [-0.2, 0) is 6.42 Å². The second-order valence-electron chi connectivity index (χ2n) is 6.56. The highest BCUT2D eigenvalue weighted by Crippen LogP contribution is 2.34. The van der Waals surface area contributed by atoms with Crippen LogP contribution in [0.15, 0.2) is 77.5 Å². The summed E-state index contributed by atoms with van der Waals surface area (Å²) in [7, 11) is 0. The number of rotatable bonds is 5. The third-order valence-electron chi connectivity index (χ3n) is 4.94. The molecule has 1 unspecified atom stereocenters. The zero-order valence-corrected chi connectivity index (χ0v) is 16.4. The van der Waals surface area contributed by atoms with Gasteiger partial charge >= 0.3 is 0 Å². The van der Waals surface area contributed by atoms with Gasteiger partial charge in [0.1, 0.15) is 0 Å². The first-order chi connectivity index (χ1) is 13.2. The topological polar surface area (TPSA) is 45.2 Å². The molecule has 1 N–H and O–H groups in total. The molecule has 0 aliphatic carbocycles. The molecule has 3 aromatic rings. The van der Waals surface area contributed by atoms with E-state index in [-0.39, 0.29) is 11.9 Å². The number of fused-ring (bicyclic) bond motifs is 1. The molecule has 2 aromatic carbocycles. The number of aromatic nitrogens is 1. The summed E-state index contributed by atoms with van der Waals surface area (Å²) < 4.78 is 0.798. The number of hydrogen-bond acceptors (Lipinski definition) is 3. The fourth-order valence-electron chi connectivity index (χ4n) is 3.60. The summed E-state index contributed by atoms with van der Waals surface area (Å²) >= 11 is 3.46. The Bertz CT molecular complexity index is 945. The molecule has 4 rings (SSSR count). The lowest BCUT2D eigenvalue weighted by atomic mass is 10.1. The van der Waals surface area contributed by atoms with E-state index in [9.17, 15) is 4.79 Å². The van der Waals surface area contributed by atoms with Gasteiger partial charge in [0.2, 0.25) is 0 Å². The summed E-state index contributed by atoms with van der Waals surface area (Å²) in [5, 5.41) is 3.11. The molecule has 0 saturated carbocycles. The first-order valence-corrected chi connectivity index (χ1v) is 9.80. The smallest absolute Gasteiger partial charge is 0.252 e. The van der Waals surface area contributed by atoms with Crippen molar-refractivity contribution < 1.29 is 4.79 Å². The summed E-state index contributed by atoms with van der Waals surface area (Å²) in [6, 6.07) is 20.0. The first-order valence-electron chi connectivity index (χ1n) is 9.01. The molecule has 5 heteroatoms. The van der Waals surface area contributed by atoms with Gasteiger partial charge in [-0.25, -0.2) is 0 Å². The number of benzene rings is 2. The van der Waals surface area contributed by atoms with Gasteiger partial charge in [-0.05, 0) is 57.7 Å². The minimum absolute atomic E-state index is 0.0359. The molecule has 0 fully saturated rings. The highest BCUT2D eigenvalue weighted by Gasteiger charge is 2.27. The zero-order chi connectivity index (χ0) is 18.6. The lowest BCUT2D eigenvalue weighted by molar-refractivity contribution is 0.0950. The monoisotopic (exact) mass is 421 g/mol. The number of amides is 1. The molecular formula is C22H20BrN3O. The van der Waals surface area contributed by atoms with Crippen molar-refractivity contribution in [3.63, 3.8) is 0 Å². The lowest BCUT2D eigenvalue weighted by Crippen LogP contribution is -2.37. The van der Waals surface area contributed by atoms with Crippen LogP contribution in [0.2, 0.25) is 0 Å². The van der Waals surface area contributed by atoms with E-state index in [4.69, 9.17) is 0 Å². The maximum Gasteiger partial charge on any atom is 0.252 e. The molecule has 0 radical (unpaired) electrons. The van der Waals surface area contributed by atoms with E-state index < -0.39 is 0 Å². The number of halogens is 1. The van der Waals surface area contributed by atoms with Gasteiger partial charge in [0.25, 0.3) is 5.91 Å². The molecule has 1 atom stereocenters. The Labute approximate surface area is 167 Å². The number of carbonyl (C=O) groups is 1. The summed E-state index contributed by atoms with van der Waals surface area (Å²) in [5.74, 6) is -0.0798. The third kappa shape index (κ3) is 3.74. The van der Waals surface area contributed by atoms with Crippen molar-refractivity contribution in [1.29, 1.82) is 0 Å². The van der Waals surface area contributed by atoms with Crippen LogP contribution in [0.1, 0.15) is 27.5 Å². The van der Waals surface area contributed by atoms with Crippen LogP contribution in [0.4, 0.5) is 5.69 Å². The number of carbonyl (C=O) groups excluding carboxylic acids is 1. The Balaban J connectivity index is 1.59. The normalized spacial score (nSPS) is 13.9. The third-order valence-corrected chi connectivity index (χ3v) is 5.63. The molecule has 1 amide bonds. The average molecular weight is 422 g/mol. The van der Waals surface area contributed by atoms with Crippen molar-refractivity contribution in [3.8, 4) is 0 Å². The van der Waals surface area contributed by atoms with Gasteiger partial charge in [0.15, 0.2) is 0 Å². The van der Waals surface area contributed by atoms with Gasteiger partial charge in [-0.2, -0.15) is 0 Å². The largest absolute Gasteiger partial charge is 0.362 e.